The molecule has 0 aliphatic heterocycles. The number of nitrogens with zero attached hydrogens (tertiary/aromatic N) is 3. The van der Waals surface area contributed by atoms with E-state index in [2.05, 4.69) is 10.1 Å². The number of aliphatic hydroxyl groups is 2. The summed E-state index contributed by atoms with van der Waals surface area (Å²) in [6.45, 7) is -0.473. The van der Waals surface area contributed by atoms with Crippen LogP contribution in [0, 0.1) is 0 Å². The molecule has 3 aromatic rings. The average Bonchev–Trinajstić information content (AvgIpc) is 3.07. The molecule has 1 aromatic carbocycles. The zero-order valence-corrected chi connectivity index (χ0v) is 13.8. The number of hydrogen-bond acceptors (Lipinski definition) is 7. The predicted octanol–water partition coefficient (Wildman–Crippen LogP) is 0.812. The van der Waals surface area contributed by atoms with Crippen LogP contribution in [0.25, 0.3) is 5.69 Å². The van der Waals surface area contributed by atoms with Crippen LogP contribution < -0.4 is 10.5 Å². The van der Waals surface area contributed by atoms with Crippen molar-refractivity contribution >= 4 is 11.6 Å². The van der Waals surface area contributed by atoms with Crippen molar-refractivity contribution in [1.29, 1.82) is 0 Å². The number of hydrogen-bond donors (Lipinski definition) is 3. The van der Waals surface area contributed by atoms with Gasteiger partial charge < -0.3 is 20.7 Å². The maximum atomic E-state index is 12.8. The van der Waals surface area contributed by atoms with Crippen molar-refractivity contribution < 1.29 is 19.7 Å². The van der Waals surface area contributed by atoms with Gasteiger partial charge in [0, 0.05) is 18.0 Å². The minimum atomic E-state index is -0.983. The summed E-state index contributed by atoms with van der Waals surface area (Å²) in [7, 11) is 0. The van der Waals surface area contributed by atoms with E-state index < -0.39 is 12.7 Å². The lowest BCUT2D eigenvalue weighted by atomic mass is 10.1. The number of pyridine rings is 1. The molecule has 0 aliphatic rings. The van der Waals surface area contributed by atoms with Crippen molar-refractivity contribution in [3.8, 4) is 11.4 Å². The third kappa shape index (κ3) is 3.71. The van der Waals surface area contributed by atoms with Gasteiger partial charge in [-0.25, -0.2) is 4.68 Å². The van der Waals surface area contributed by atoms with E-state index >= 15 is 0 Å². The van der Waals surface area contributed by atoms with Crippen LogP contribution in [0.15, 0.2) is 55.0 Å². The van der Waals surface area contributed by atoms with Crippen LogP contribution in [-0.4, -0.2) is 50.1 Å². The van der Waals surface area contributed by atoms with Crippen LogP contribution >= 0.6 is 0 Å². The molecule has 0 bridgehead atoms. The standard InChI is InChI=1S/C18H18N4O4/c19-18-16(9-21-22(18)13-4-6-20-7-5-13)17(25)12-2-1-3-15(8-12)26-11-14(24)10-23/h1-9,14,23-24H,10-11,19H2. The van der Waals surface area contributed by atoms with E-state index in [0.717, 1.165) is 0 Å². The monoisotopic (exact) mass is 354 g/mol. The molecule has 8 nitrogen and oxygen atoms in total. The van der Waals surface area contributed by atoms with Crippen molar-refractivity contribution in [3.05, 3.63) is 66.1 Å². The lowest BCUT2D eigenvalue weighted by Crippen LogP contribution is -2.21. The maximum absolute atomic E-state index is 12.8. The van der Waals surface area contributed by atoms with E-state index in [9.17, 15) is 9.90 Å². The summed E-state index contributed by atoms with van der Waals surface area (Å²) < 4.78 is 6.83. The molecule has 0 aliphatic carbocycles. The highest BCUT2D eigenvalue weighted by Crippen LogP contribution is 2.22. The number of ketones is 1. The molecule has 0 amide bonds. The van der Waals surface area contributed by atoms with E-state index in [1.165, 1.54) is 10.9 Å². The molecule has 2 aromatic heterocycles. The molecular weight excluding hydrogens is 336 g/mol. The van der Waals surface area contributed by atoms with Crippen molar-refractivity contribution in [1.82, 2.24) is 14.8 Å². The van der Waals surface area contributed by atoms with Crippen molar-refractivity contribution in [2.75, 3.05) is 18.9 Å². The summed E-state index contributed by atoms with van der Waals surface area (Å²) in [5.74, 6) is 0.336. The molecule has 0 radical (unpaired) electrons. The molecule has 1 unspecified atom stereocenters. The van der Waals surface area contributed by atoms with E-state index in [1.54, 1.807) is 48.8 Å². The van der Waals surface area contributed by atoms with Gasteiger partial charge in [-0.3, -0.25) is 9.78 Å². The molecule has 0 spiro atoms. The van der Waals surface area contributed by atoms with Crippen LogP contribution in [0.4, 0.5) is 5.82 Å². The predicted molar refractivity (Wildman–Crippen MR) is 94.2 cm³/mol. The Balaban J connectivity index is 1.83. The van der Waals surface area contributed by atoms with Crippen LogP contribution in [0.2, 0.25) is 0 Å². The first kappa shape index (κ1) is 17.6. The number of rotatable bonds is 7. The van der Waals surface area contributed by atoms with Gasteiger partial charge in [-0.1, -0.05) is 12.1 Å². The Bertz CT molecular complexity index is 895. The molecule has 4 N–H and O–H groups in total. The Labute approximate surface area is 149 Å². The fraction of sp³-hybridized carbons (Fsp3) is 0.167. The number of ether oxygens (including phenoxy) is 1. The second kappa shape index (κ2) is 7.77. The van der Waals surface area contributed by atoms with Crippen LogP contribution in [0.5, 0.6) is 5.75 Å². The topological polar surface area (TPSA) is 123 Å². The Kier molecular flexibility index (Phi) is 5.26. The Hall–Kier alpha value is -3.23. The average molecular weight is 354 g/mol. The summed E-state index contributed by atoms with van der Waals surface area (Å²) in [4.78, 5) is 16.7. The fourth-order valence-corrected chi connectivity index (χ4v) is 2.35. The second-order valence-electron chi connectivity index (χ2n) is 5.57. The second-order valence-corrected chi connectivity index (χ2v) is 5.57. The summed E-state index contributed by atoms with van der Waals surface area (Å²) in [6, 6.07) is 9.98. The van der Waals surface area contributed by atoms with Gasteiger partial charge >= 0.3 is 0 Å². The van der Waals surface area contributed by atoms with E-state index in [1.807, 2.05) is 0 Å². The third-order valence-corrected chi connectivity index (χ3v) is 3.71. The SMILES string of the molecule is Nc1c(C(=O)c2cccc(OCC(O)CO)c2)cnn1-c1ccncc1. The minimum absolute atomic E-state index is 0.0732. The summed E-state index contributed by atoms with van der Waals surface area (Å²) in [5, 5.41) is 22.3. The van der Waals surface area contributed by atoms with Crippen molar-refractivity contribution in [3.63, 3.8) is 0 Å². The normalized spacial score (nSPS) is 11.9. The number of aliphatic hydroxyl groups excluding tert-OH is 2. The summed E-state index contributed by atoms with van der Waals surface area (Å²) >= 11 is 0. The van der Waals surface area contributed by atoms with Gasteiger partial charge in [0.25, 0.3) is 0 Å². The fourth-order valence-electron chi connectivity index (χ4n) is 2.35. The van der Waals surface area contributed by atoms with Gasteiger partial charge in [0.2, 0.25) is 0 Å². The Morgan fingerprint density at radius 1 is 1.27 bits per heavy atom. The van der Waals surface area contributed by atoms with E-state index in [0.29, 0.717) is 17.0 Å². The zero-order chi connectivity index (χ0) is 18.5. The smallest absolute Gasteiger partial charge is 0.198 e. The molecule has 0 saturated heterocycles. The van der Waals surface area contributed by atoms with Crippen LogP contribution in [0.1, 0.15) is 15.9 Å². The van der Waals surface area contributed by atoms with Crippen molar-refractivity contribution in [2.45, 2.75) is 6.10 Å². The highest BCUT2D eigenvalue weighted by molar-refractivity contribution is 6.11. The number of nitrogens with two attached hydrogens (primary N) is 1. The quantitative estimate of drug-likeness (QED) is 0.536. The molecule has 0 saturated carbocycles. The zero-order valence-electron chi connectivity index (χ0n) is 13.8. The number of carbonyl (C=O) groups is 1. The number of aromatic nitrogens is 3. The van der Waals surface area contributed by atoms with Gasteiger partial charge in [-0.2, -0.15) is 5.10 Å². The van der Waals surface area contributed by atoms with Gasteiger partial charge in [0.1, 0.15) is 24.3 Å². The first-order valence-corrected chi connectivity index (χ1v) is 7.90. The first-order valence-electron chi connectivity index (χ1n) is 7.90. The number of anilines is 1. The van der Waals surface area contributed by atoms with Crippen molar-refractivity contribution in [2.24, 2.45) is 0 Å². The summed E-state index contributed by atoms with van der Waals surface area (Å²) in [5.41, 5.74) is 7.45. The van der Waals surface area contributed by atoms with Crippen LogP contribution in [0.3, 0.4) is 0 Å². The van der Waals surface area contributed by atoms with Gasteiger partial charge in [-0.05, 0) is 24.3 Å². The highest BCUT2D eigenvalue weighted by atomic mass is 16.5. The summed E-state index contributed by atoms with van der Waals surface area (Å²) in [6.07, 6.45) is 3.66. The lowest BCUT2D eigenvalue weighted by molar-refractivity contribution is 0.0536. The molecule has 26 heavy (non-hydrogen) atoms. The Morgan fingerprint density at radius 2 is 2.04 bits per heavy atom. The molecule has 0 fully saturated rings. The van der Waals surface area contributed by atoms with Gasteiger partial charge in [0.15, 0.2) is 5.78 Å². The minimum Gasteiger partial charge on any atom is -0.491 e. The largest absolute Gasteiger partial charge is 0.491 e. The Morgan fingerprint density at radius 3 is 2.77 bits per heavy atom. The molecule has 8 heteroatoms. The molecule has 2 heterocycles. The maximum Gasteiger partial charge on any atom is 0.198 e. The van der Waals surface area contributed by atoms with E-state index in [-0.39, 0.29) is 23.8 Å². The third-order valence-electron chi connectivity index (χ3n) is 3.71. The van der Waals surface area contributed by atoms with Gasteiger partial charge in [-0.15, -0.1) is 0 Å². The molecule has 3 rings (SSSR count). The molecule has 134 valence electrons. The lowest BCUT2D eigenvalue weighted by Gasteiger charge is -2.10. The molecular formula is C18H18N4O4. The van der Waals surface area contributed by atoms with E-state index in [4.69, 9.17) is 15.6 Å². The first-order chi connectivity index (χ1) is 12.6. The number of benzene rings is 1. The van der Waals surface area contributed by atoms with Gasteiger partial charge in [0.05, 0.1) is 24.1 Å². The molecule has 1 atom stereocenters. The number of nitrogen functional groups attached to an aromatic ring is 1. The number of carbonyl (C=O) groups excluding carboxylic acids is 1. The highest BCUT2D eigenvalue weighted by Gasteiger charge is 2.18. The van der Waals surface area contributed by atoms with Crippen LogP contribution in [-0.2, 0) is 0 Å².